The van der Waals surface area contributed by atoms with E-state index in [1.807, 2.05) is 0 Å². The van der Waals surface area contributed by atoms with E-state index in [0.717, 1.165) is 12.0 Å². The number of amides is 1. The van der Waals surface area contributed by atoms with Crippen LogP contribution in [0.2, 0.25) is 0 Å². The molecule has 1 aromatic carbocycles. The van der Waals surface area contributed by atoms with E-state index in [2.05, 4.69) is 5.32 Å². The molecule has 1 aromatic rings. The molecule has 1 aliphatic carbocycles. The van der Waals surface area contributed by atoms with E-state index in [1.165, 1.54) is 12.1 Å². The highest BCUT2D eigenvalue weighted by atomic mass is 19.1. The van der Waals surface area contributed by atoms with Gasteiger partial charge in [-0.1, -0.05) is 18.6 Å². The lowest BCUT2D eigenvalue weighted by Crippen LogP contribution is -2.36. The second kappa shape index (κ2) is 6.03. The van der Waals surface area contributed by atoms with Gasteiger partial charge in [0.25, 0.3) is 0 Å². The molecule has 5 heteroatoms. The topological polar surface area (TPSA) is 66.4 Å². The van der Waals surface area contributed by atoms with Gasteiger partial charge in [0.2, 0.25) is 5.91 Å². The maximum absolute atomic E-state index is 12.8. The molecular weight excluding hydrogens is 261 g/mol. The van der Waals surface area contributed by atoms with E-state index in [9.17, 15) is 14.0 Å². The van der Waals surface area contributed by atoms with Gasteiger partial charge in [0.15, 0.2) is 0 Å². The van der Waals surface area contributed by atoms with E-state index in [-0.39, 0.29) is 17.8 Å². The first-order valence-corrected chi connectivity index (χ1v) is 6.77. The van der Waals surface area contributed by atoms with Crippen molar-refractivity contribution in [2.24, 2.45) is 11.8 Å². The highest BCUT2D eigenvalue weighted by Crippen LogP contribution is 2.32. The van der Waals surface area contributed by atoms with E-state index < -0.39 is 17.8 Å². The molecule has 3 atom stereocenters. The second-order valence-corrected chi connectivity index (χ2v) is 5.26. The summed E-state index contributed by atoms with van der Waals surface area (Å²) in [5, 5.41) is 11.9. The third-order valence-electron chi connectivity index (χ3n) is 3.90. The number of aliphatic carboxylic acids is 1. The minimum Gasteiger partial charge on any atom is -0.481 e. The summed E-state index contributed by atoms with van der Waals surface area (Å²) < 4.78 is 12.8. The fraction of sp³-hybridized carbons (Fsp3) is 0.467. The van der Waals surface area contributed by atoms with Crippen molar-refractivity contribution in [2.75, 3.05) is 0 Å². The minimum atomic E-state index is -0.905. The van der Waals surface area contributed by atoms with Crippen LogP contribution in [0.1, 0.15) is 37.8 Å². The minimum absolute atomic E-state index is 0.230. The number of rotatable bonds is 4. The molecule has 1 fully saturated rings. The number of hydrogen-bond acceptors (Lipinski definition) is 2. The van der Waals surface area contributed by atoms with Crippen LogP contribution in [0.4, 0.5) is 4.39 Å². The molecule has 0 radical (unpaired) electrons. The fourth-order valence-electron chi connectivity index (χ4n) is 2.72. The van der Waals surface area contributed by atoms with Crippen LogP contribution in [0.15, 0.2) is 24.3 Å². The van der Waals surface area contributed by atoms with Crippen LogP contribution in [-0.4, -0.2) is 17.0 Å². The van der Waals surface area contributed by atoms with Gasteiger partial charge >= 0.3 is 5.97 Å². The molecular formula is C15H18FNO3. The quantitative estimate of drug-likeness (QED) is 0.890. The maximum Gasteiger partial charge on any atom is 0.307 e. The molecule has 0 aromatic heterocycles. The van der Waals surface area contributed by atoms with Crippen molar-refractivity contribution < 1.29 is 19.1 Å². The molecule has 1 aliphatic rings. The lowest BCUT2D eigenvalue weighted by Gasteiger charge is -2.20. The van der Waals surface area contributed by atoms with Gasteiger partial charge in [-0.15, -0.1) is 0 Å². The Kier molecular flexibility index (Phi) is 4.37. The number of carboxylic acid groups (broad SMARTS) is 1. The van der Waals surface area contributed by atoms with Crippen LogP contribution in [0.3, 0.4) is 0 Å². The zero-order valence-corrected chi connectivity index (χ0v) is 11.3. The second-order valence-electron chi connectivity index (χ2n) is 5.26. The Morgan fingerprint density at radius 1 is 1.25 bits per heavy atom. The summed E-state index contributed by atoms with van der Waals surface area (Å²) >= 11 is 0. The number of hydrogen-bond donors (Lipinski definition) is 2. The van der Waals surface area contributed by atoms with Crippen molar-refractivity contribution in [2.45, 2.75) is 32.2 Å². The van der Waals surface area contributed by atoms with Crippen LogP contribution < -0.4 is 5.32 Å². The summed E-state index contributed by atoms with van der Waals surface area (Å²) in [6.07, 6.45) is 1.93. The van der Waals surface area contributed by atoms with Crippen LogP contribution in [-0.2, 0) is 9.59 Å². The lowest BCUT2D eigenvalue weighted by molar-refractivity contribution is -0.146. The molecule has 0 aliphatic heterocycles. The van der Waals surface area contributed by atoms with E-state index >= 15 is 0 Å². The normalized spacial score (nSPS) is 23.3. The summed E-state index contributed by atoms with van der Waals surface area (Å²) in [4.78, 5) is 23.3. The van der Waals surface area contributed by atoms with Gasteiger partial charge in [0.05, 0.1) is 17.9 Å². The summed E-state index contributed by atoms with van der Waals surface area (Å²) in [5.41, 5.74) is 0.796. The molecule has 1 saturated carbocycles. The first-order valence-electron chi connectivity index (χ1n) is 6.77. The third kappa shape index (κ3) is 3.15. The molecule has 4 nitrogen and oxygen atoms in total. The van der Waals surface area contributed by atoms with E-state index in [4.69, 9.17) is 5.11 Å². The molecule has 0 heterocycles. The average Bonchev–Trinajstić information content (AvgIpc) is 2.88. The number of halogens is 1. The van der Waals surface area contributed by atoms with Crippen molar-refractivity contribution in [1.29, 1.82) is 0 Å². The largest absolute Gasteiger partial charge is 0.481 e. The zero-order valence-electron chi connectivity index (χ0n) is 11.3. The molecule has 20 heavy (non-hydrogen) atoms. The first kappa shape index (κ1) is 14.5. The van der Waals surface area contributed by atoms with Crippen molar-refractivity contribution in [1.82, 2.24) is 5.32 Å². The Morgan fingerprint density at radius 3 is 2.45 bits per heavy atom. The van der Waals surface area contributed by atoms with Crippen LogP contribution >= 0.6 is 0 Å². The Bertz CT molecular complexity index is 500. The predicted molar refractivity (Wildman–Crippen MR) is 71.4 cm³/mol. The van der Waals surface area contributed by atoms with E-state index in [1.54, 1.807) is 19.1 Å². The molecule has 2 rings (SSSR count). The number of carbonyl (C=O) groups is 2. The van der Waals surface area contributed by atoms with Gasteiger partial charge in [-0.25, -0.2) is 4.39 Å². The fourth-order valence-corrected chi connectivity index (χ4v) is 2.72. The Labute approximate surface area is 117 Å². The molecule has 0 saturated heterocycles. The number of benzene rings is 1. The van der Waals surface area contributed by atoms with Crippen molar-refractivity contribution in [3.63, 3.8) is 0 Å². The van der Waals surface area contributed by atoms with Gasteiger partial charge < -0.3 is 10.4 Å². The molecule has 1 amide bonds. The predicted octanol–water partition coefficient (Wildman–Crippen LogP) is 2.50. The number of carboxylic acids is 1. The Hall–Kier alpha value is -1.91. The number of carbonyl (C=O) groups excluding carboxylic acids is 1. The molecule has 2 N–H and O–H groups in total. The number of nitrogens with one attached hydrogen (secondary N) is 1. The van der Waals surface area contributed by atoms with Gasteiger partial charge in [0, 0.05) is 0 Å². The summed E-state index contributed by atoms with van der Waals surface area (Å²) in [7, 11) is 0. The zero-order chi connectivity index (χ0) is 14.7. The lowest BCUT2D eigenvalue weighted by atomic mass is 9.94. The highest BCUT2D eigenvalue weighted by molar-refractivity contribution is 5.85. The van der Waals surface area contributed by atoms with Crippen molar-refractivity contribution in [3.05, 3.63) is 35.6 Å². The summed E-state index contributed by atoms with van der Waals surface area (Å²) in [6.45, 7) is 1.80. The van der Waals surface area contributed by atoms with Crippen LogP contribution in [0.5, 0.6) is 0 Å². The SMILES string of the molecule is C[C@@H](NC(=O)C1CCCC1C(=O)O)c1ccc(F)cc1. The highest BCUT2D eigenvalue weighted by Gasteiger charge is 2.38. The Balaban J connectivity index is 2.00. The van der Waals surface area contributed by atoms with Gasteiger partial charge in [-0.2, -0.15) is 0 Å². The first-order chi connectivity index (χ1) is 9.49. The third-order valence-corrected chi connectivity index (χ3v) is 3.90. The molecule has 2 unspecified atom stereocenters. The summed E-state index contributed by atoms with van der Waals surface area (Å²) in [5.74, 6) is -2.51. The van der Waals surface area contributed by atoms with Crippen molar-refractivity contribution in [3.8, 4) is 0 Å². The van der Waals surface area contributed by atoms with Gasteiger partial charge in [-0.05, 0) is 37.5 Å². The van der Waals surface area contributed by atoms with Gasteiger partial charge in [0.1, 0.15) is 5.82 Å². The maximum atomic E-state index is 12.8. The monoisotopic (exact) mass is 279 g/mol. The smallest absolute Gasteiger partial charge is 0.307 e. The van der Waals surface area contributed by atoms with Crippen molar-refractivity contribution >= 4 is 11.9 Å². The van der Waals surface area contributed by atoms with Crippen LogP contribution in [0, 0.1) is 17.7 Å². The average molecular weight is 279 g/mol. The van der Waals surface area contributed by atoms with Gasteiger partial charge in [-0.3, -0.25) is 9.59 Å². The molecule has 0 spiro atoms. The summed E-state index contributed by atoms with van der Waals surface area (Å²) in [6, 6.07) is 5.65. The standard InChI is InChI=1S/C15H18FNO3/c1-9(10-5-7-11(16)8-6-10)17-14(18)12-3-2-4-13(12)15(19)20/h5-9,12-13H,2-4H2,1H3,(H,17,18)(H,19,20)/t9-,12?,13?/m1/s1. The van der Waals surface area contributed by atoms with E-state index in [0.29, 0.717) is 12.8 Å². The molecule has 108 valence electrons. The van der Waals surface area contributed by atoms with Crippen LogP contribution in [0.25, 0.3) is 0 Å². The molecule has 0 bridgehead atoms. The Morgan fingerprint density at radius 2 is 1.85 bits per heavy atom.